The standard InChI is InChI=1S/C28H29N3O4/c1-29-28(34)24(18-25-27(33)26(32)12-13-30-25)23-10-8-21(9-11-23)3-2-20-4-6-22(7-5-20)19-31-14-16-35-17-15-31/h4-11,13,24,33H,12,14-19H2,1H3,(H,29,34). The first-order valence-corrected chi connectivity index (χ1v) is 11.7. The molecule has 0 bridgehead atoms. The molecule has 1 fully saturated rings. The van der Waals surface area contributed by atoms with Crippen molar-refractivity contribution in [3.05, 3.63) is 82.2 Å². The lowest BCUT2D eigenvalue weighted by molar-refractivity contribution is -0.122. The smallest absolute Gasteiger partial charge is 0.227 e. The van der Waals surface area contributed by atoms with Crippen LogP contribution in [0.25, 0.3) is 0 Å². The van der Waals surface area contributed by atoms with Crippen molar-refractivity contribution >= 4 is 17.9 Å². The molecular formula is C28H29N3O4. The fourth-order valence-corrected chi connectivity index (χ4v) is 4.09. The van der Waals surface area contributed by atoms with E-state index in [9.17, 15) is 14.7 Å². The van der Waals surface area contributed by atoms with Gasteiger partial charge in [-0.25, -0.2) is 0 Å². The number of nitrogens with zero attached hydrogens (tertiary/aromatic N) is 2. The van der Waals surface area contributed by atoms with E-state index in [1.54, 1.807) is 7.05 Å². The minimum absolute atomic E-state index is 0.0734. The van der Waals surface area contributed by atoms with Crippen molar-refractivity contribution in [1.29, 1.82) is 0 Å². The van der Waals surface area contributed by atoms with Gasteiger partial charge in [0.25, 0.3) is 0 Å². The third kappa shape index (κ3) is 6.44. The van der Waals surface area contributed by atoms with Crippen LogP contribution in [-0.4, -0.2) is 61.3 Å². The second kappa shape index (κ2) is 11.6. The maximum Gasteiger partial charge on any atom is 0.227 e. The molecule has 1 atom stereocenters. The molecule has 2 aromatic carbocycles. The van der Waals surface area contributed by atoms with Gasteiger partial charge in [-0.05, 0) is 35.4 Å². The molecule has 2 aliphatic heterocycles. The lowest BCUT2D eigenvalue weighted by Gasteiger charge is -2.26. The Morgan fingerprint density at radius 2 is 1.71 bits per heavy atom. The van der Waals surface area contributed by atoms with Crippen molar-refractivity contribution in [1.82, 2.24) is 10.2 Å². The van der Waals surface area contributed by atoms with Gasteiger partial charge >= 0.3 is 0 Å². The number of rotatable bonds is 6. The van der Waals surface area contributed by atoms with Gasteiger partial charge in [0, 0.05) is 56.9 Å². The molecule has 0 saturated carbocycles. The highest BCUT2D eigenvalue weighted by molar-refractivity contribution is 6.04. The van der Waals surface area contributed by atoms with Crippen LogP contribution in [0.1, 0.15) is 41.0 Å². The first-order valence-electron chi connectivity index (χ1n) is 11.7. The third-order valence-electron chi connectivity index (χ3n) is 6.15. The second-order valence-corrected chi connectivity index (χ2v) is 8.56. The predicted octanol–water partition coefficient (Wildman–Crippen LogP) is 2.95. The average Bonchev–Trinajstić information content (AvgIpc) is 2.90. The summed E-state index contributed by atoms with van der Waals surface area (Å²) >= 11 is 0. The van der Waals surface area contributed by atoms with E-state index in [1.807, 2.05) is 36.4 Å². The van der Waals surface area contributed by atoms with E-state index in [4.69, 9.17) is 4.74 Å². The molecule has 0 aromatic heterocycles. The van der Waals surface area contributed by atoms with Gasteiger partial charge in [0.2, 0.25) is 11.7 Å². The summed E-state index contributed by atoms with van der Waals surface area (Å²) in [6.45, 7) is 4.42. The number of hydrogen-bond acceptors (Lipinski definition) is 6. The number of ketones is 1. The van der Waals surface area contributed by atoms with E-state index in [-0.39, 0.29) is 36.0 Å². The van der Waals surface area contributed by atoms with Gasteiger partial charge in [-0.2, -0.15) is 0 Å². The zero-order valence-corrected chi connectivity index (χ0v) is 19.8. The largest absolute Gasteiger partial charge is 0.503 e. The molecule has 2 aliphatic rings. The van der Waals surface area contributed by atoms with Crippen molar-refractivity contribution in [3.8, 4) is 11.8 Å². The molecule has 1 saturated heterocycles. The van der Waals surface area contributed by atoms with Crippen LogP contribution in [0.2, 0.25) is 0 Å². The number of aliphatic hydroxyl groups is 1. The first kappa shape index (κ1) is 24.4. The number of morpholine rings is 1. The van der Waals surface area contributed by atoms with E-state index < -0.39 is 5.92 Å². The van der Waals surface area contributed by atoms with Crippen LogP contribution in [-0.2, 0) is 20.9 Å². The number of benzene rings is 2. The summed E-state index contributed by atoms with van der Waals surface area (Å²) in [4.78, 5) is 30.8. The van der Waals surface area contributed by atoms with Crippen LogP contribution in [0.15, 0.2) is 65.0 Å². The number of likely N-dealkylation sites (N-methyl/N-ethyl adjacent to an activating group) is 1. The monoisotopic (exact) mass is 471 g/mol. The number of carbonyl (C=O) groups is 2. The summed E-state index contributed by atoms with van der Waals surface area (Å²) in [5, 5.41) is 12.7. The molecule has 0 aliphatic carbocycles. The van der Waals surface area contributed by atoms with E-state index in [0.717, 1.165) is 49.5 Å². The number of aliphatic hydroxyl groups excluding tert-OH is 1. The first-order chi connectivity index (χ1) is 17.0. The highest BCUT2D eigenvalue weighted by Crippen LogP contribution is 2.28. The lowest BCUT2D eigenvalue weighted by atomic mass is 9.91. The Hall–Kier alpha value is -3.73. The van der Waals surface area contributed by atoms with Gasteiger partial charge in [-0.1, -0.05) is 36.1 Å². The fourth-order valence-electron chi connectivity index (χ4n) is 4.09. The molecule has 0 radical (unpaired) electrons. The van der Waals surface area contributed by atoms with Crippen molar-refractivity contribution in [2.45, 2.75) is 25.3 Å². The van der Waals surface area contributed by atoms with Crippen molar-refractivity contribution < 1.29 is 19.4 Å². The van der Waals surface area contributed by atoms with E-state index in [1.165, 1.54) is 11.8 Å². The Morgan fingerprint density at radius 3 is 2.34 bits per heavy atom. The van der Waals surface area contributed by atoms with Crippen LogP contribution in [0.5, 0.6) is 0 Å². The predicted molar refractivity (Wildman–Crippen MR) is 134 cm³/mol. The quantitative estimate of drug-likeness (QED) is 0.632. The molecule has 2 heterocycles. The molecule has 1 amide bonds. The van der Waals surface area contributed by atoms with Crippen LogP contribution in [0, 0.1) is 11.8 Å². The Balaban J connectivity index is 1.43. The minimum Gasteiger partial charge on any atom is -0.503 e. The van der Waals surface area contributed by atoms with Crippen LogP contribution in [0.3, 0.4) is 0 Å². The van der Waals surface area contributed by atoms with Crippen molar-refractivity contribution in [2.24, 2.45) is 4.99 Å². The Kier molecular flexibility index (Phi) is 8.09. The lowest BCUT2D eigenvalue weighted by Crippen LogP contribution is -2.35. The molecular weight excluding hydrogens is 442 g/mol. The summed E-state index contributed by atoms with van der Waals surface area (Å²) in [6, 6.07) is 15.7. The number of nitrogens with one attached hydrogen (secondary N) is 1. The van der Waals surface area contributed by atoms with E-state index >= 15 is 0 Å². The van der Waals surface area contributed by atoms with Gasteiger partial charge < -0.3 is 15.2 Å². The number of aliphatic imine (C=N–C) groups is 1. The van der Waals surface area contributed by atoms with Gasteiger partial charge in [-0.3, -0.25) is 19.5 Å². The summed E-state index contributed by atoms with van der Waals surface area (Å²) in [5.74, 6) is 4.82. The Labute approximate surface area is 205 Å². The number of ether oxygens (including phenoxy) is 1. The number of hydrogen-bond donors (Lipinski definition) is 2. The highest BCUT2D eigenvalue weighted by atomic mass is 16.5. The second-order valence-electron chi connectivity index (χ2n) is 8.56. The molecule has 180 valence electrons. The number of allylic oxidation sites excluding steroid dienone is 2. The molecule has 4 rings (SSSR count). The zero-order chi connectivity index (χ0) is 24.6. The fraction of sp³-hybridized carbons (Fsp3) is 0.321. The van der Waals surface area contributed by atoms with Crippen molar-refractivity contribution in [2.75, 3.05) is 33.4 Å². The molecule has 7 heteroatoms. The van der Waals surface area contributed by atoms with Gasteiger partial charge in [-0.15, -0.1) is 0 Å². The molecule has 0 spiro atoms. The summed E-state index contributed by atoms with van der Waals surface area (Å²) in [6.07, 6.45) is 1.67. The highest BCUT2D eigenvalue weighted by Gasteiger charge is 2.25. The van der Waals surface area contributed by atoms with E-state index in [2.05, 4.69) is 39.2 Å². The van der Waals surface area contributed by atoms with Gasteiger partial charge in [0.05, 0.1) is 24.8 Å². The summed E-state index contributed by atoms with van der Waals surface area (Å²) in [7, 11) is 1.56. The summed E-state index contributed by atoms with van der Waals surface area (Å²) in [5.41, 5.74) is 4.01. The SMILES string of the molecule is CNC(=O)C(CC1=C(O)C(=O)CC=N1)c1ccc(C#Cc2ccc(CN3CCOCC3)cc2)cc1. The third-order valence-corrected chi connectivity index (χ3v) is 6.15. The minimum atomic E-state index is -0.582. The molecule has 35 heavy (non-hydrogen) atoms. The van der Waals surface area contributed by atoms with Gasteiger partial charge in [0.1, 0.15) is 0 Å². The molecule has 7 nitrogen and oxygen atoms in total. The van der Waals surface area contributed by atoms with Crippen LogP contribution < -0.4 is 5.32 Å². The zero-order valence-electron chi connectivity index (χ0n) is 19.8. The maximum absolute atomic E-state index is 12.5. The van der Waals surface area contributed by atoms with E-state index in [0.29, 0.717) is 0 Å². The topological polar surface area (TPSA) is 91.2 Å². The summed E-state index contributed by atoms with van der Waals surface area (Å²) < 4.78 is 5.40. The van der Waals surface area contributed by atoms with Crippen molar-refractivity contribution in [3.63, 3.8) is 0 Å². The molecule has 1 unspecified atom stereocenters. The van der Waals surface area contributed by atoms with Crippen LogP contribution >= 0.6 is 0 Å². The molecule has 2 N–H and O–H groups in total. The van der Waals surface area contributed by atoms with Crippen LogP contribution in [0.4, 0.5) is 0 Å². The number of carbonyl (C=O) groups excluding carboxylic acids is 2. The Morgan fingerprint density at radius 1 is 1.09 bits per heavy atom. The van der Waals surface area contributed by atoms with Gasteiger partial charge in [0.15, 0.2) is 5.76 Å². The Bertz CT molecular complexity index is 1180. The normalized spacial score (nSPS) is 17.0. The number of amides is 1. The molecule has 2 aromatic rings. The maximum atomic E-state index is 12.5. The number of Topliss-reactive ketones (excluding diaryl/α,β-unsaturated/α-hetero) is 1. The average molecular weight is 472 g/mol.